The summed E-state index contributed by atoms with van der Waals surface area (Å²) in [6.07, 6.45) is 1.43. The lowest BCUT2D eigenvalue weighted by Gasteiger charge is -1.97. The summed E-state index contributed by atoms with van der Waals surface area (Å²) in [5, 5.41) is 0.257. The van der Waals surface area contributed by atoms with E-state index in [-0.39, 0.29) is 5.15 Å². The van der Waals surface area contributed by atoms with Crippen molar-refractivity contribution in [3.8, 4) is 0 Å². The van der Waals surface area contributed by atoms with Gasteiger partial charge in [0.15, 0.2) is 11.1 Å². The van der Waals surface area contributed by atoms with Crippen LogP contribution in [0.4, 0.5) is 0 Å². The highest BCUT2D eigenvalue weighted by Crippen LogP contribution is 2.10. The van der Waals surface area contributed by atoms with Gasteiger partial charge in [-0.2, -0.15) is 0 Å². The molecule has 1 aromatic rings. The normalized spacial score (nSPS) is 12.8. The van der Waals surface area contributed by atoms with Crippen molar-refractivity contribution in [3.05, 3.63) is 23.5 Å². The Kier molecular flexibility index (Phi) is 3.05. The lowest BCUT2D eigenvalue weighted by Crippen LogP contribution is -1.94. The molecule has 0 aromatic carbocycles. The monoisotopic (exact) mass is 187 g/mol. The van der Waals surface area contributed by atoms with Crippen LogP contribution < -0.4 is 0 Å². The summed E-state index contributed by atoms with van der Waals surface area (Å²) in [6.45, 7) is 0. The molecule has 0 saturated heterocycles. The van der Waals surface area contributed by atoms with Crippen molar-refractivity contribution < 1.29 is 8.31 Å². The number of hydrogen-bond donors (Lipinski definition) is 0. The van der Waals surface area contributed by atoms with Gasteiger partial charge < -0.3 is 4.10 Å². The Balaban J connectivity index is 2.96. The molecule has 0 aliphatic heterocycles. The van der Waals surface area contributed by atoms with Crippen LogP contribution in [0, 0.1) is 0 Å². The highest BCUT2D eigenvalue weighted by molar-refractivity contribution is 7.80. The van der Waals surface area contributed by atoms with Crippen LogP contribution in [-0.2, 0) is 15.2 Å². The second-order valence-electron chi connectivity index (χ2n) is 1.65. The number of pyridine rings is 1. The Morgan fingerprint density at radius 1 is 1.73 bits per heavy atom. The molecule has 0 fully saturated rings. The van der Waals surface area contributed by atoms with E-state index < -0.39 is 11.1 Å². The van der Waals surface area contributed by atoms with E-state index in [4.69, 9.17) is 19.7 Å². The molecule has 0 aliphatic rings. The molecule has 6 heteroatoms. The first-order valence-electron chi connectivity index (χ1n) is 2.64. The van der Waals surface area contributed by atoms with E-state index in [1.807, 2.05) is 0 Å². The van der Waals surface area contributed by atoms with Crippen molar-refractivity contribution in [2.75, 3.05) is 0 Å². The molecule has 2 radical (unpaired) electrons. The molecule has 1 atom stereocenters. The molecule has 1 unspecified atom stereocenters. The van der Waals surface area contributed by atoms with E-state index in [9.17, 15) is 4.21 Å². The highest BCUT2D eigenvalue weighted by atomic mass is 35.5. The second kappa shape index (κ2) is 3.85. The molecule has 1 aromatic heterocycles. The van der Waals surface area contributed by atoms with Gasteiger partial charge in [0.2, 0.25) is 0 Å². The fourth-order valence-electron chi connectivity index (χ4n) is 0.544. The molecule has 1 heterocycles. The lowest BCUT2D eigenvalue weighted by atomic mass is 10.5. The maximum atomic E-state index is 10.8. The Morgan fingerprint density at radius 2 is 2.45 bits per heavy atom. The lowest BCUT2D eigenvalue weighted by molar-refractivity contribution is 0.596. The van der Waals surface area contributed by atoms with E-state index in [1.165, 1.54) is 18.3 Å². The fourth-order valence-corrected chi connectivity index (χ4v) is 1.27. The van der Waals surface area contributed by atoms with Gasteiger partial charge >= 0.3 is 8.05 Å². The van der Waals surface area contributed by atoms with Crippen LogP contribution in [-0.4, -0.2) is 17.2 Å². The summed E-state index contributed by atoms with van der Waals surface area (Å²) >= 11 is 3.86. The van der Waals surface area contributed by atoms with E-state index >= 15 is 0 Å². The first-order chi connectivity index (χ1) is 5.24. The smallest absolute Gasteiger partial charge is 0.309 e. The number of aromatic nitrogens is 1. The van der Waals surface area contributed by atoms with E-state index in [2.05, 4.69) is 9.08 Å². The van der Waals surface area contributed by atoms with Gasteiger partial charge in [0, 0.05) is 6.20 Å². The van der Waals surface area contributed by atoms with Gasteiger partial charge in [0.25, 0.3) is 0 Å². The van der Waals surface area contributed by atoms with Crippen molar-refractivity contribution in [1.29, 1.82) is 0 Å². The van der Waals surface area contributed by atoms with Gasteiger partial charge in [-0.15, -0.1) is 0 Å². The highest BCUT2D eigenvalue weighted by Gasteiger charge is 2.01. The summed E-state index contributed by atoms with van der Waals surface area (Å²) < 4.78 is 14.9. The topological polar surface area (TPSA) is 39.2 Å². The minimum Gasteiger partial charge on any atom is -0.363 e. The molecule has 3 nitrogen and oxygen atoms in total. The Morgan fingerprint density at radius 3 is 3.00 bits per heavy atom. The SMILES string of the molecule is [B]OS(=O)c1ccnc(Cl)c1. The second-order valence-corrected chi connectivity index (χ2v) is 3.17. The van der Waals surface area contributed by atoms with E-state index in [1.54, 1.807) is 0 Å². The molecule has 0 saturated carbocycles. The number of nitrogens with zero attached hydrogens (tertiary/aromatic N) is 1. The van der Waals surface area contributed by atoms with Crippen LogP contribution in [0.25, 0.3) is 0 Å². The fraction of sp³-hybridized carbons (Fsp3) is 0. The van der Waals surface area contributed by atoms with Crippen molar-refractivity contribution in [2.45, 2.75) is 4.90 Å². The zero-order valence-electron chi connectivity index (χ0n) is 5.36. The van der Waals surface area contributed by atoms with E-state index in [0.717, 1.165) is 0 Å². The molecular formula is C5H3BClNO2S. The first kappa shape index (κ1) is 8.71. The summed E-state index contributed by atoms with van der Waals surface area (Å²) in [4.78, 5) is 4.09. The van der Waals surface area contributed by atoms with Crippen molar-refractivity contribution in [2.24, 2.45) is 0 Å². The molecule has 0 amide bonds. The summed E-state index contributed by atoms with van der Waals surface area (Å²) in [7, 11) is 4.69. The molecule has 11 heavy (non-hydrogen) atoms. The zero-order valence-corrected chi connectivity index (χ0v) is 6.93. The predicted molar refractivity (Wildman–Crippen MR) is 42.5 cm³/mol. The largest absolute Gasteiger partial charge is 0.363 e. The molecule has 0 spiro atoms. The Labute approximate surface area is 72.8 Å². The standard InChI is InChI=1S/C5H3BClNO2S/c6-10-11(9)4-1-2-8-5(7)3-4/h1-3H. The first-order valence-corrected chi connectivity index (χ1v) is 4.10. The van der Waals surface area contributed by atoms with Gasteiger partial charge in [-0.1, -0.05) is 11.6 Å². The number of hydrogen-bond acceptors (Lipinski definition) is 3. The predicted octanol–water partition coefficient (Wildman–Crippen LogP) is 0.858. The minimum absolute atomic E-state index is 0.257. The quantitative estimate of drug-likeness (QED) is 0.509. The molecule has 0 bridgehead atoms. The Bertz CT molecular complexity index is 283. The van der Waals surface area contributed by atoms with Crippen LogP contribution in [0.5, 0.6) is 0 Å². The summed E-state index contributed by atoms with van der Waals surface area (Å²) in [6, 6.07) is 2.93. The summed E-state index contributed by atoms with van der Waals surface area (Å²) in [5.41, 5.74) is 0. The zero-order chi connectivity index (χ0) is 8.27. The average molecular weight is 187 g/mol. The molecular weight excluding hydrogens is 184 g/mol. The van der Waals surface area contributed by atoms with Gasteiger partial charge in [-0.3, -0.25) is 0 Å². The maximum absolute atomic E-state index is 10.8. The van der Waals surface area contributed by atoms with Crippen LogP contribution in [0.15, 0.2) is 23.2 Å². The van der Waals surface area contributed by atoms with Gasteiger partial charge in [0.05, 0.1) is 4.90 Å². The number of rotatable bonds is 2. The van der Waals surface area contributed by atoms with Crippen LogP contribution in [0.2, 0.25) is 5.15 Å². The summed E-state index contributed by atoms with van der Waals surface area (Å²) in [5.74, 6) is 0. The van der Waals surface area contributed by atoms with Gasteiger partial charge in [-0.25, -0.2) is 9.19 Å². The molecule has 56 valence electrons. The maximum Gasteiger partial charge on any atom is 0.309 e. The third-order valence-corrected chi connectivity index (χ3v) is 2.00. The van der Waals surface area contributed by atoms with Gasteiger partial charge in [-0.05, 0) is 12.1 Å². The van der Waals surface area contributed by atoms with Crippen molar-refractivity contribution >= 4 is 30.7 Å². The van der Waals surface area contributed by atoms with Crippen LogP contribution >= 0.6 is 11.6 Å². The average Bonchev–Trinajstić information content (AvgIpc) is 2.03. The van der Waals surface area contributed by atoms with Crippen molar-refractivity contribution in [3.63, 3.8) is 0 Å². The van der Waals surface area contributed by atoms with Crippen LogP contribution in [0.3, 0.4) is 0 Å². The van der Waals surface area contributed by atoms with Gasteiger partial charge in [0.1, 0.15) is 5.15 Å². The van der Waals surface area contributed by atoms with E-state index in [0.29, 0.717) is 4.90 Å². The van der Waals surface area contributed by atoms with Crippen molar-refractivity contribution in [1.82, 2.24) is 4.98 Å². The third-order valence-electron chi connectivity index (χ3n) is 0.978. The minimum atomic E-state index is -1.65. The molecule has 0 aliphatic carbocycles. The molecule has 1 rings (SSSR count). The third kappa shape index (κ3) is 2.29. The van der Waals surface area contributed by atoms with Crippen LogP contribution in [0.1, 0.15) is 0 Å². The number of halogens is 1. The molecule has 0 N–H and O–H groups in total. The Hall–Kier alpha value is -0.385.